The Kier molecular flexibility index (Phi) is 3.25. The van der Waals surface area contributed by atoms with Crippen LogP contribution in [-0.2, 0) is 4.74 Å². The van der Waals surface area contributed by atoms with E-state index in [-0.39, 0.29) is 12.0 Å². The van der Waals surface area contributed by atoms with Crippen LogP contribution in [0, 0.1) is 6.92 Å². The van der Waals surface area contributed by atoms with E-state index in [4.69, 9.17) is 4.74 Å². The summed E-state index contributed by atoms with van der Waals surface area (Å²) in [4.78, 5) is 15.4. The lowest BCUT2D eigenvalue weighted by atomic mass is 10.1. The van der Waals surface area contributed by atoms with Crippen LogP contribution in [0.5, 0.6) is 0 Å². The van der Waals surface area contributed by atoms with Crippen LogP contribution in [0.25, 0.3) is 10.9 Å². The number of carbonyl (C=O) groups excluding carboxylic acids is 1. The molecule has 2 N–H and O–H groups in total. The number of H-pyrrole nitrogens is 1. The Morgan fingerprint density at radius 2 is 2.32 bits per heavy atom. The number of amides is 1. The second-order valence-electron chi connectivity index (χ2n) is 5.02. The predicted molar refractivity (Wildman–Crippen MR) is 74.3 cm³/mol. The van der Waals surface area contributed by atoms with Crippen molar-refractivity contribution in [3.05, 3.63) is 35.5 Å². The standard InChI is InChI=1S/C15H18N2O2/c1-10-12-6-2-3-7-13(12)17-14(10)15(18)16-9-11-5-4-8-19-11/h2-3,6-7,11,17H,4-5,8-9H2,1H3,(H,16,18). The first-order valence-electron chi connectivity index (χ1n) is 6.73. The largest absolute Gasteiger partial charge is 0.376 e. The highest BCUT2D eigenvalue weighted by molar-refractivity contribution is 6.00. The van der Waals surface area contributed by atoms with E-state index in [9.17, 15) is 4.79 Å². The van der Waals surface area contributed by atoms with Crippen LogP contribution < -0.4 is 5.32 Å². The first kappa shape index (κ1) is 12.2. The van der Waals surface area contributed by atoms with Gasteiger partial charge in [-0.2, -0.15) is 0 Å². The third kappa shape index (κ3) is 2.36. The average Bonchev–Trinajstić information content (AvgIpc) is 3.05. The monoisotopic (exact) mass is 258 g/mol. The van der Waals surface area contributed by atoms with Gasteiger partial charge in [0.05, 0.1) is 6.10 Å². The SMILES string of the molecule is Cc1c(C(=O)NCC2CCCO2)[nH]c2ccccc12. The van der Waals surface area contributed by atoms with Crippen molar-refractivity contribution in [3.63, 3.8) is 0 Å². The third-order valence-corrected chi connectivity index (χ3v) is 3.71. The molecule has 2 aromatic rings. The Hall–Kier alpha value is -1.81. The summed E-state index contributed by atoms with van der Waals surface area (Å²) in [6.07, 6.45) is 2.30. The molecule has 0 saturated carbocycles. The van der Waals surface area contributed by atoms with Gasteiger partial charge in [-0.25, -0.2) is 0 Å². The van der Waals surface area contributed by atoms with Gasteiger partial charge in [0, 0.05) is 24.1 Å². The molecule has 1 atom stereocenters. The summed E-state index contributed by atoms with van der Waals surface area (Å²) < 4.78 is 5.50. The van der Waals surface area contributed by atoms with Crippen LogP contribution in [0.2, 0.25) is 0 Å². The molecule has 1 saturated heterocycles. The number of fused-ring (bicyclic) bond motifs is 1. The molecule has 4 heteroatoms. The van der Waals surface area contributed by atoms with Crippen LogP contribution in [0.3, 0.4) is 0 Å². The maximum Gasteiger partial charge on any atom is 0.268 e. The number of aryl methyl sites for hydroxylation is 1. The smallest absolute Gasteiger partial charge is 0.268 e. The van der Waals surface area contributed by atoms with Gasteiger partial charge in [-0.05, 0) is 31.4 Å². The van der Waals surface area contributed by atoms with Crippen molar-refractivity contribution in [2.24, 2.45) is 0 Å². The van der Waals surface area contributed by atoms with Crippen LogP contribution in [0.15, 0.2) is 24.3 Å². The summed E-state index contributed by atoms with van der Waals surface area (Å²) in [6.45, 7) is 3.37. The zero-order chi connectivity index (χ0) is 13.2. The maximum absolute atomic E-state index is 12.2. The van der Waals surface area contributed by atoms with Gasteiger partial charge in [0.25, 0.3) is 5.91 Å². The van der Waals surface area contributed by atoms with Crippen molar-refractivity contribution >= 4 is 16.8 Å². The quantitative estimate of drug-likeness (QED) is 0.888. The maximum atomic E-state index is 12.2. The molecule has 1 aromatic heterocycles. The zero-order valence-corrected chi connectivity index (χ0v) is 11.0. The van der Waals surface area contributed by atoms with Gasteiger partial charge in [-0.1, -0.05) is 18.2 Å². The number of para-hydroxylation sites is 1. The Balaban J connectivity index is 1.75. The lowest BCUT2D eigenvalue weighted by Gasteiger charge is -2.10. The molecule has 1 aromatic carbocycles. The van der Waals surface area contributed by atoms with Crippen molar-refractivity contribution in [2.75, 3.05) is 13.2 Å². The van der Waals surface area contributed by atoms with Crippen molar-refractivity contribution < 1.29 is 9.53 Å². The summed E-state index contributed by atoms with van der Waals surface area (Å²) >= 11 is 0. The van der Waals surface area contributed by atoms with E-state index in [1.54, 1.807) is 0 Å². The van der Waals surface area contributed by atoms with Gasteiger partial charge in [0.1, 0.15) is 5.69 Å². The van der Waals surface area contributed by atoms with Gasteiger partial charge in [-0.15, -0.1) is 0 Å². The zero-order valence-electron chi connectivity index (χ0n) is 11.0. The van der Waals surface area contributed by atoms with Crippen LogP contribution in [0.1, 0.15) is 28.9 Å². The summed E-state index contributed by atoms with van der Waals surface area (Å²) in [5.74, 6) is -0.0517. The normalized spacial score (nSPS) is 18.9. The summed E-state index contributed by atoms with van der Waals surface area (Å²) in [6, 6.07) is 7.96. The summed E-state index contributed by atoms with van der Waals surface area (Å²) in [5.41, 5.74) is 2.65. The van der Waals surface area contributed by atoms with Crippen molar-refractivity contribution in [3.8, 4) is 0 Å². The van der Waals surface area contributed by atoms with Crippen LogP contribution in [0.4, 0.5) is 0 Å². The van der Waals surface area contributed by atoms with E-state index in [2.05, 4.69) is 10.3 Å². The van der Waals surface area contributed by atoms with Crippen molar-refractivity contribution in [2.45, 2.75) is 25.9 Å². The molecule has 0 spiro atoms. The molecule has 1 amide bonds. The average molecular weight is 258 g/mol. The van der Waals surface area contributed by atoms with Gasteiger partial charge < -0.3 is 15.0 Å². The second-order valence-corrected chi connectivity index (χ2v) is 5.02. The molecule has 19 heavy (non-hydrogen) atoms. The first-order chi connectivity index (χ1) is 9.25. The fourth-order valence-electron chi connectivity index (χ4n) is 2.61. The van der Waals surface area contributed by atoms with E-state index in [1.165, 1.54) is 0 Å². The topological polar surface area (TPSA) is 54.1 Å². The van der Waals surface area contributed by atoms with E-state index >= 15 is 0 Å². The number of rotatable bonds is 3. The van der Waals surface area contributed by atoms with Gasteiger partial charge in [0.2, 0.25) is 0 Å². The fourth-order valence-corrected chi connectivity index (χ4v) is 2.61. The molecule has 100 valence electrons. The molecule has 1 aliphatic rings. The summed E-state index contributed by atoms with van der Waals surface area (Å²) in [7, 11) is 0. The second kappa shape index (κ2) is 5.05. The number of ether oxygens (including phenoxy) is 1. The minimum Gasteiger partial charge on any atom is -0.376 e. The van der Waals surface area contributed by atoms with Crippen molar-refractivity contribution in [1.82, 2.24) is 10.3 Å². The molecule has 0 radical (unpaired) electrons. The molecular formula is C15H18N2O2. The number of aromatic nitrogens is 1. The van der Waals surface area contributed by atoms with E-state index < -0.39 is 0 Å². The third-order valence-electron chi connectivity index (χ3n) is 3.71. The number of carbonyl (C=O) groups is 1. The minimum atomic E-state index is -0.0517. The van der Waals surface area contributed by atoms with E-state index in [1.807, 2.05) is 31.2 Å². The van der Waals surface area contributed by atoms with Crippen molar-refractivity contribution in [1.29, 1.82) is 0 Å². The Morgan fingerprint density at radius 1 is 1.47 bits per heavy atom. The predicted octanol–water partition coefficient (Wildman–Crippen LogP) is 2.39. The fraction of sp³-hybridized carbons (Fsp3) is 0.400. The van der Waals surface area contributed by atoms with Crippen LogP contribution in [-0.4, -0.2) is 30.1 Å². The lowest BCUT2D eigenvalue weighted by molar-refractivity contribution is 0.0854. The highest BCUT2D eigenvalue weighted by Gasteiger charge is 2.18. The molecule has 4 nitrogen and oxygen atoms in total. The molecule has 0 aliphatic carbocycles. The molecule has 1 fully saturated rings. The van der Waals surface area contributed by atoms with Gasteiger partial charge in [-0.3, -0.25) is 4.79 Å². The lowest BCUT2D eigenvalue weighted by Crippen LogP contribution is -2.32. The van der Waals surface area contributed by atoms with Gasteiger partial charge >= 0.3 is 0 Å². The minimum absolute atomic E-state index is 0.0517. The summed E-state index contributed by atoms with van der Waals surface area (Å²) in [5, 5.41) is 4.05. The highest BCUT2D eigenvalue weighted by Crippen LogP contribution is 2.21. The Morgan fingerprint density at radius 3 is 3.05 bits per heavy atom. The first-order valence-corrected chi connectivity index (χ1v) is 6.73. The molecule has 3 rings (SSSR count). The highest BCUT2D eigenvalue weighted by atomic mass is 16.5. The molecular weight excluding hydrogens is 240 g/mol. The van der Waals surface area contributed by atoms with E-state index in [0.717, 1.165) is 35.9 Å². The number of hydrogen-bond donors (Lipinski definition) is 2. The number of aromatic amines is 1. The molecule has 0 bridgehead atoms. The number of nitrogens with one attached hydrogen (secondary N) is 2. The molecule has 1 aliphatic heterocycles. The van der Waals surface area contributed by atoms with E-state index in [0.29, 0.717) is 12.2 Å². The number of benzene rings is 1. The number of hydrogen-bond acceptors (Lipinski definition) is 2. The Labute approximate surface area is 112 Å². The molecule has 1 unspecified atom stereocenters. The molecule has 2 heterocycles. The van der Waals surface area contributed by atoms with Gasteiger partial charge in [0.15, 0.2) is 0 Å². The van der Waals surface area contributed by atoms with Crippen LogP contribution >= 0.6 is 0 Å². The Bertz CT molecular complexity index is 597.